The second kappa shape index (κ2) is 6.55. The van der Waals surface area contributed by atoms with E-state index in [-0.39, 0.29) is 6.04 Å². The van der Waals surface area contributed by atoms with E-state index in [0.717, 1.165) is 22.5 Å². The van der Waals surface area contributed by atoms with E-state index in [4.69, 9.17) is 11.6 Å². The van der Waals surface area contributed by atoms with Gasteiger partial charge in [0.2, 0.25) is 0 Å². The molecule has 3 nitrogen and oxygen atoms in total. The predicted molar refractivity (Wildman–Crippen MR) is 82.6 cm³/mol. The Morgan fingerprint density at radius 2 is 2.26 bits per heavy atom. The Labute approximate surface area is 127 Å². The first-order valence-electron chi connectivity index (χ1n) is 6.27. The average Bonchev–Trinajstić information content (AvgIpc) is 2.84. The predicted octanol–water partition coefficient (Wildman–Crippen LogP) is 3.82. The van der Waals surface area contributed by atoms with E-state index in [9.17, 15) is 0 Å². The van der Waals surface area contributed by atoms with Gasteiger partial charge >= 0.3 is 0 Å². The zero-order valence-electron chi connectivity index (χ0n) is 11.0. The molecule has 1 atom stereocenters. The van der Waals surface area contributed by atoms with Crippen molar-refractivity contribution in [3.05, 3.63) is 51.2 Å². The Bertz CT molecular complexity index is 553. The molecule has 1 N–H and O–H groups in total. The monoisotopic (exact) mass is 341 g/mol. The molecule has 0 spiro atoms. The van der Waals surface area contributed by atoms with Crippen LogP contribution in [0.2, 0.25) is 5.02 Å². The number of rotatable bonds is 5. The molecule has 1 aromatic heterocycles. The molecule has 0 fully saturated rings. The highest BCUT2D eigenvalue weighted by molar-refractivity contribution is 9.10. The molecule has 0 amide bonds. The van der Waals surface area contributed by atoms with Crippen molar-refractivity contribution >= 4 is 27.5 Å². The van der Waals surface area contributed by atoms with Gasteiger partial charge < -0.3 is 5.32 Å². The number of likely N-dealkylation sites (N-methyl/N-ethyl adjacent to an activating group) is 1. The van der Waals surface area contributed by atoms with Crippen LogP contribution in [0.15, 0.2) is 35.1 Å². The van der Waals surface area contributed by atoms with E-state index in [0.29, 0.717) is 0 Å². The summed E-state index contributed by atoms with van der Waals surface area (Å²) in [6.45, 7) is 2.98. The Morgan fingerprint density at radius 3 is 2.84 bits per heavy atom. The summed E-state index contributed by atoms with van der Waals surface area (Å²) in [4.78, 5) is 0. The van der Waals surface area contributed by atoms with Crippen molar-refractivity contribution in [1.29, 1.82) is 0 Å². The van der Waals surface area contributed by atoms with Crippen LogP contribution in [0, 0.1) is 0 Å². The highest BCUT2D eigenvalue weighted by Crippen LogP contribution is 2.28. The van der Waals surface area contributed by atoms with Gasteiger partial charge in [0.1, 0.15) is 0 Å². The van der Waals surface area contributed by atoms with Gasteiger partial charge in [0, 0.05) is 28.3 Å². The molecule has 1 unspecified atom stereocenters. The van der Waals surface area contributed by atoms with Crippen molar-refractivity contribution in [3.63, 3.8) is 0 Å². The second-order valence-electron chi connectivity index (χ2n) is 4.42. The smallest absolute Gasteiger partial charge is 0.0522 e. The van der Waals surface area contributed by atoms with Gasteiger partial charge in [0.15, 0.2) is 0 Å². The van der Waals surface area contributed by atoms with Crippen molar-refractivity contribution in [2.24, 2.45) is 0 Å². The lowest BCUT2D eigenvalue weighted by atomic mass is 10.0. The molecule has 0 bridgehead atoms. The van der Waals surface area contributed by atoms with Gasteiger partial charge in [0.25, 0.3) is 0 Å². The maximum absolute atomic E-state index is 5.98. The Hall–Kier alpha value is -0.840. The third-order valence-corrected chi connectivity index (χ3v) is 4.06. The number of nitrogens with zero attached hydrogens (tertiary/aromatic N) is 2. The third kappa shape index (κ3) is 3.59. The van der Waals surface area contributed by atoms with Gasteiger partial charge in [-0.3, -0.25) is 4.68 Å². The Balaban J connectivity index is 2.19. The summed E-state index contributed by atoms with van der Waals surface area (Å²) in [5.41, 5.74) is 2.43. The number of hydrogen-bond donors (Lipinski definition) is 1. The number of aryl methyl sites for hydroxylation is 1. The van der Waals surface area contributed by atoms with Crippen LogP contribution in [0.5, 0.6) is 0 Å². The van der Waals surface area contributed by atoms with Gasteiger partial charge in [-0.2, -0.15) is 5.10 Å². The molecular weight excluding hydrogens is 326 g/mol. The lowest BCUT2D eigenvalue weighted by Crippen LogP contribution is -2.19. The SMILES string of the molecule is CCn1cc(CC(NC)c2ccc(Cl)cc2Br)cn1. The average molecular weight is 343 g/mol. The minimum absolute atomic E-state index is 0.237. The molecule has 2 rings (SSSR count). The molecule has 1 aromatic carbocycles. The van der Waals surface area contributed by atoms with E-state index in [1.54, 1.807) is 0 Å². The molecule has 0 aliphatic rings. The fourth-order valence-electron chi connectivity index (χ4n) is 2.07. The summed E-state index contributed by atoms with van der Waals surface area (Å²) in [6.07, 6.45) is 4.92. The first kappa shape index (κ1) is 14.6. The topological polar surface area (TPSA) is 29.9 Å². The summed E-state index contributed by atoms with van der Waals surface area (Å²) >= 11 is 9.56. The number of benzene rings is 1. The van der Waals surface area contributed by atoms with Crippen LogP contribution in [0.3, 0.4) is 0 Å². The minimum atomic E-state index is 0.237. The molecular formula is C14H17BrClN3. The molecule has 0 saturated heterocycles. The van der Waals surface area contributed by atoms with Crippen LogP contribution in [0.4, 0.5) is 0 Å². The number of hydrogen-bond acceptors (Lipinski definition) is 2. The summed E-state index contributed by atoms with van der Waals surface area (Å²) in [5, 5.41) is 8.39. The van der Waals surface area contributed by atoms with Crippen LogP contribution in [-0.4, -0.2) is 16.8 Å². The maximum atomic E-state index is 5.98. The minimum Gasteiger partial charge on any atom is -0.313 e. The van der Waals surface area contributed by atoms with Gasteiger partial charge in [-0.25, -0.2) is 0 Å². The summed E-state index contributed by atoms with van der Waals surface area (Å²) in [5.74, 6) is 0. The lowest BCUT2D eigenvalue weighted by Gasteiger charge is -2.17. The zero-order chi connectivity index (χ0) is 13.8. The highest BCUT2D eigenvalue weighted by Gasteiger charge is 2.14. The van der Waals surface area contributed by atoms with Crippen molar-refractivity contribution in [3.8, 4) is 0 Å². The van der Waals surface area contributed by atoms with Gasteiger partial charge in [0.05, 0.1) is 6.20 Å². The van der Waals surface area contributed by atoms with E-state index >= 15 is 0 Å². The molecule has 0 radical (unpaired) electrons. The molecule has 19 heavy (non-hydrogen) atoms. The zero-order valence-corrected chi connectivity index (χ0v) is 13.4. The molecule has 5 heteroatoms. The third-order valence-electron chi connectivity index (χ3n) is 3.14. The largest absolute Gasteiger partial charge is 0.313 e. The first-order valence-corrected chi connectivity index (χ1v) is 7.44. The van der Waals surface area contributed by atoms with E-state index in [2.05, 4.69) is 45.5 Å². The van der Waals surface area contributed by atoms with Crippen LogP contribution >= 0.6 is 27.5 Å². The molecule has 102 valence electrons. The van der Waals surface area contributed by atoms with Crippen LogP contribution < -0.4 is 5.32 Å². The van der Waals surface area contributed by atoms with Crippen LogP contribution in [0.1, 0.15) is 24.1 Å². The van der Waals surface area contributed by atoms with Gasteiger partial charge in [-0.1, -0.05) is 33.6 Å². The summed E-state index contributed by atoms with van der Waals surface area (Å²) in [6, 6.07) is 6.14. The molecule has 2 aromatic rings. The van der Waals surface area contributed by atoms with E-state index < -0.39 is 0 Å². The van der Waals surface area contributed by atoms with Crippen molar-refractivity contribution < 1.29 is 0 Å². The summed E-state index contributed by atoms with van der Waals surface area (Å²) in [7, 11) is 1.97. The molecule has 1 heterocycles. The lowest BCUT2D eigenvalue weighted by molar-refractivity contribution is 0.588. The highest BCUT2D eigenvalue weighted by atomic mass is 79.9. The molecule has 0 aliphatic heterocycles. The quantitative estimate of drug-likeness (QED) is 0.895. The molecule has 0 saturated carbocycles. The van der Waals surface area contributed by atoms with Gasteiger partial charge in [-0.05, 0) is 43.7 Å². The second-order valence-corrected chi connectivity index (χ2v) is 5.71. The number of nitrogens with one attached hydrogen (secondary N) is 1. The standard InChI is InChI=1S/C14H17BrClN3/c1-3-19-9-10(8-18-19)6-14(17-2)12-5-4-11(16)7-13(12)15/h4-5,7-9,14,17H,3,6H2,1-2H3. The molecule has 0 aliphatic carbocycles. The summed E-state index contributed by atoms with van der Waals surface area (Å²) < 4.78 is 2.97. The van der Waals surface area contributed by atoms with Gasteiger partial charge in [-0.15, -0.1) is 0 Å². The van der Waals surface area contributed by atoms with Crippen molar-refractivity contribution in [1.82, 2.24) is 15.1 Å². The maximum Gasteiger partial charge on any atom is 0.0522 e. The van der Waals surface area contributed by atoms with Crippen molar-refractivity contribution in [2.75, 3.05) is 7.05 Å². The van der Waals surface area contributed by atoms with Crippen LogP contribution in [0.25, 0.3) is 0 Å². The first-order chi connectivity index (χ1) is 9.13. The fraction of sp³-hybridized carbons (Fsp3) is 0.357. The number of halogens is 2. The van der Waals surface area contributed by atoms with E-state index in [1.165, 1.54) is 11.1 Å². The van der Waals surface area contributed by atoms with E-state index in [1.807, 2.05) is 30.1 Å². The van der Waals surface area contributed by atoms with Crippen LogP contribution in [-0.2, 0) is 13.0 Å². The number of aromatic nitrogens is 2. The Kier molecular flexibility index (Phi) is 5.02. The fourth-order valence-corrected chi connectivity index (χ4v) is 3.03. The normalized spacial score (nSPS) is 12.6. The Morgan fingerprint density at radius 1 is 1.47 bits per heavy atom. The van der Waals surface area contributed by atoms with Crippen molar-refractivity contribution in [2.45, 2.75) is 25.9 Å².